The van der Waals surface area contributed by atoms with Gasteiger partial charge in [-0.15, -0.1) is 0 Å². The van der Waals surface area contributed by atoms with E-state index in [1.165, 1.54) is 21.3 Å². The number of hydrogen-bond donors (Lipinski definition) is 1. The molecule has 0 spiro atoms. The lowest BCUT2D eigenvalue weighted by molar-refractivity contribution is -0.120. The molecule has 0 saturated heterocycles. The van der Waals surface area contributed by atoms with E-state index in [1.54, 1.807) is 54.4 Å². The number of carbonyl (C=O) groups is 2. The Hall–Kier alpha value is -3.52. The highest BCUT2D eigenvalue weighted by Gasteiger charge is 2.43. The number of para-hydroxylation sites is 1. The maximum Gasteiger partial charge on any atom is 0.282 e. The summed E-state index contributed by atoms with van der Waals surface area (Å²) < 4.78 is 16.1. The van der Waals surface area contributed by atoms with Crippen LogP contribution in [0.1, 0.15) is 5.56 Å². The second-order valence-electron chi connectivity index (χ2n) is 6.55. The van der Waals surface area contributed by atoms with Gasteiger partial charge in [0.15, 0.2) is 0 Å². The quantitative estimate of drug-likeness (QED) is 0.663. The molecule has 158 valence electrons. The van der Waals surface area contributed by atoms with E-state index in [4.69, 9.17) is 14.2 Å². The summed E-state index contributed by atoms with van der Waals surface area (Å²) in [6.45, 7) is -0.000750. The number of ether oxygens (including phenoxy) is 3. The molecule has 0 fully saturated rings. The van der Waals surface area contributed by atoms with Crippen LogP contribution in [0.4, 0.5) is 5.69 Å². The fourth-order valence-corrected chi connectivity index (χ4v) is 3.42. The van der Waals surface area contributed by atoms with Crippen molar-refractivity contribution in [2.75, 3.05) is 46.4 Å². The third-order valence-electron chi connectivity index (χ3n) is 4.88. The molecule has 1 heterocycles. The summed E-state index contributed by atoms with van der Waals surface area (Å²) >= 11 is 0. The minimum absolute atomic E-state index is 0.170. The van der Waals surface area contributed by atoms with Crippen LogP contribution in [0.15, 0.2) is 48.2 Å². The summed E-state index contributed by atoms with van der Waals surface area (Å²) in [5.74, 6) is 0.243. The summed E-state index contributed by atoms with van der Waals surface area (Å²) in [6.07, 6.45) is 0. The number of hydrogen-bond acceptors (Lipinski definition) is 7. The molecule has 2 aromatic carbocycles. The summed E-state index contributed by atoms with van der Waals surface area (Å²) in [7, 11) is 6.11. The molecular formula is C22H24N2O6. The number of carbonyl (C=O) groups excluding carboxylic acids is 2. The zero-order valence-electron chi connectivity index (χ0n) is 17.3. The van der Waals surface area contributed by atoms with Crippen molar-refractivity contribution in [1.82, 2.24) is 4.90 Å². The normalized spacial score (nSPS) is 13.7. The van der Waals surface area contributed by atoms with Gasteiger partial charge in [-0.05, 0) is 18.2 Å². The summed E-state index contributed by atoms with van der Waals surface area (Å²) in [6, 6.07) is 11.9. The van der Waals surface area contributed by atoms with E-state index in [2.05, 4.69) is 0 Å². The molecule has 0 bridgehead atoms. The van der Waals surface area contributed by atoms with Crippen LogP contribution < -0.4 is 19.1 Å². The van der Waals surface area contributed by atoms with Gasteiger partial charge in [0.1, 0.15) is 22.9 Å². The number of aliphatic hydroxyl groups excluding tert-OH is 1. The molecule has 0 aliphatic carbocycles. The Balaban J connectivity index is 2.22. The Morgan fingerprint density at radius 3 is 2.27 bits per heavy atom. The second kappa shape index (κ2) is 8.87. The van der Waals surface area contributed by atoms with Gasteiger partial charge in [-0.2, -0.15) is 0 Å². The Morgan fingerprint density at radius 2 is 1.63 bits per heavy atom. The maximum atomic E-state index is 13.6. The molecule has 0 unspecified atom stereocenters. The SMILES string of the molecule is COc1ccc(OC)c(N2C(=O)C(c3ccccc3OC)=C(N(C)CCO)C2=O)c1. The Bertz CT molecular complexity index is 1000. The molecule has 0 saturated carbocycles. The first-order valence-corrected chi connectivity index (χ1v) is 9.28. The van der Waals surface area contributed by atoms with E-state index >= 15 is 0 Å². The third-order valence-corrected chi connectivity index (χ3v) is 4.88. The van der Waals surface area contributed by atoms with E-state index in [0.29, 0.717) is 22.8 Å². The highest BCUT2D eigenvalue weighted by molar-refractivity contribution is 6.46. The van der Waals surface area contributed by atoms with E-state index in [0.717, 1.165) is 4.90 Å². The van der Waals surface area contributed by atoms with Crippen molar-refractivity contribution >= 4 is 23.1 Å². The van der Waals surface area contributed by atoms with E-state index in [-0.39, 0.29) is 30.1 Å². The number of rotatable bonds is 8. The predicted octanol–water partition coefficient (Wildman–Crippen LogP) is 1.92. The predicted molar refractivity (Wildman–Crippen MR) is 112 cm³/mol. The van der Waals surface area contributed by atoms with Crippen LogP contribution >= 0.6 is 0 Å². The lowest BCUT2D eigenvalue weighted by atomic mass is 10.0. The molecule has 30 heavy (non-hydrogen) atoms. The van der Waals surface area contributed by atoms with Crippen LogP contribution in [0.25, 0.3) is 5.57 Å². The van der Waals surface area contributed by atoms with Crippen LogP contribution in [-0.2, 0) is 9.59 Å². The van der Waals surface area contributed by atoms with Crippen molar-refractivity contribution in [3.05, 3.63) is 53.7 Å². The monoisotopic (exact) mass is 412 g/mol. The third kappa shape index (κ3) is 3.57. The minimum atomic E-state index is -0.525. The highest BCUT2D eigenvalue weighted by Crippen LogP contribution is 2.41. The van der Waals surface area contributed by atoms with Crippen molar-refractivity contribution in [2.24, 2.45) is 0 Å². The van der Waals surface area contributed by atoms with Crippen molar-refractivity contribution in [1.29, 1.82) is 0 Å². The zero-order valence-corrected chi connectivity index (χ0v) is 17.3. The molecule has 3 rings (SSSR count). The van der Waals surface area contributed by atoms with Crippen molar-refractivity contribution < 1.29 is 28.9 Å². The fourth-order valence-electron chi connectivity index (χ4n) is 3.42. The number of methoxy groups -OCH3 is 3. The lowest BCUT2D eigenvalue weighted by Gasteiger charge is -2.21. The van der Waals surface area contributed by atoms with Crippen molar-refractivity contribution in [3.63, 3.8) is 0 Å². The number of benzene rings is 2. The van der Waals surface area contributed by atoms with Crippen LogP contribution in [-0.4, -0.2) is 63.3 Å². The second-order valence-corrected chi connectivity index (χ2v) is 6.55. The van der Waals surface area contributed by atoms with Gasteiger partial charge in [-0.1, -0.05) is 18.2 Å². The van der Waals surface area contributed by atoms with E-state index in [1.807, 2.05) is 0 Å². The van der Waals surface area contributed by atoms with Crippen molar-refractivity contribution in [2.45, 2.75) is 0 Å². The van der Waals surface area contributed by atoms with Gasteiger partial charge in [0.05, 0.1) is 39.2 Å². The van der Waals surface area contributed by atoms with Crippen LogP contribution in [0, 0.1) is 0 Å². The first kappa shape index (κ1) is 21.2. The number of aliphatic hydroxyl groups is 1. The van der Waals surface area contributed by atoms with Gasteiger partial charge in [0.25, 0.3) is 11.8 Å². The number of anilines is 1. The number of imide groups is 1. The molecule has 1 N–H and O–H groups in total. The smallest absolute Gasteiger partial charge is 0.282 e. The highest BCUT2D eigenvalue weighted by atomic mass is 16.5. The molecule has 0 aromatic heterocycles. The first-order valence-electron chi connectivity index (χ1n) is 9.28. The topological polar surface area (TPSA) is 88.5 Å². The Labute approximate surface area is 174 Å². The molecule has 8 heteroatoms. The largest absolute Gasteiger partial charge is 0.497 e. The summed E-state index contributed by atoms with van der Waals surface area (Å²) in [5.41, 5.74) is 1.12. The minimum Gasteiger partial charge on any atom is -0.497 e. The zero-order chi connectivity index (χ0) is 21.8. The average Bonchev–Trinajstić information content (AvgIpc) is 3.03. The molecule has 0 atom stereocenters. The lowest BCUT2D eigenvalue weighted by Crippen LogP contribution is -2.35. The summed E-state index contributed by atoms with van der Waals surface area (Å²) in [5, 5.41) is 9.40. The Kier molecular flexibility index (Phi) is 6.27. The van der Waals surface area contributed by atoms with Gasteiger partial charge in [0, 0.05) is 25.2 Å². The summed E-state index contributed by atoms with van der Waals surface area (Å²) in [4.78, 5) is 29.7. The molecule has 2 aromatic rings. The van der Waals surface area contributed by atoms with Gasteiger partial charge in [-0.3, -0.25) is 9.59 Å². The van der Waals surface area contributed by atoms with Gasteiger partial charge in [-0.25, -0.2) is 4.90 Å². The fraction of sp³-hybridized carbons (Fsp3) is 0.273. The van der Waals surface area contributed by atoms with Gasteiger partial charge >= 0.3 is 0 Å². The van der Waals surface area contributed by atoms with Crippen LogP contribution in [0.5, 0.6) is 17.2 Å². The standard InChI is InChI=1S/C22H24N2O6/c1-23(11-12-25)20-19(15-7-5-6-8-17(15)29-3)21(26)24(22(20)27)16-13-14(28-2)9-10-18(16)30-4/h5-10,13,25H,11-12H2,1-4H3. The van der Waals surface area contributed by atoms with Gasteiger partial charge in [0.2, 0.25) is 0 Å². The first-order chi connectivity index (χ1) is 14.5. The molecular weight excluding hydrogens is 388 g/mol. The number of amides is 2. The van der Waals surface area contributed by atoms with Crippen LogP contribution in [0.3, 0.4) is 0 Å². The molecule has 8 nitrogen and oxygen atoms in total. The van der Waals surface area contributed by atoms with E-state index < -0.39 is 11.8 Å². The maximum absolute atomic E-state index is 13.6. The Morgan fingerprint density at radius 1 is 0.933 bits per heavy atom. The van der Waals surface area contributed by atoms with Crippen molar-refractivity contribution in [3.8, 4) is 17.2 Å². The van der Waals surface area contributed by atoms with Gasteiger partial charge < -0.3 is 24.2 Å². The molecule has 1 aliphatic heterocycles. The number of nitrogens with zero attached hydrogens (tertiary/aromatic N) is 2. The number of likely N-dealkylation sites (N-methyl/N-ethyl adjacent to an activating group) is 1. The van der Waals surface area contributed by atoms with Crippen LogP contribution in [0.2, 0.25) is 0 Å². The molecule has 1 aliphatic rings. The van der Waals surface area contributed by atoms with E-state index in [9.17, 15) is 14.7 Å². The molecule has 0 radical (unpaired) electrons. The molecule has 2 amide bonds. The average molecular weight is 412 g/mol.